The lowest BCUT2D eigenvalue weighted by atomic mass is 9.96. The number of aromatic nitrogens is 3. The Bertz CT molecular complexity index is 2080. The Morgan fingerprint density at radius 3 is 1.05 bits per heavy atom. The van der Waals surface area contributed by atoms with Crippen molar-refractivity contribution in [1.82, 2.24) is 0 Å². The van der Waals surface area contributed by atoms with Gasteiger partial charge >= 0.3 is 0 Å². The number of nitrogens with zero attached hydrogens (tertiary/aromatic N) is 3. The van der Waals surface area contributed by atoms with Crippen molar-refractivity contribution in [2.45, 2.75) is 169 Å². The van der Waals surface area contributed by atoms with Gasteiger partial charge in [-0.25, -0.2) is 13.7 Å². The summed E-state index contributed by atoms with van der Waals surface area (Å²) in [7, 11) is 0. The van der Waals surface area contributed by atoms with Gasteiger partial charge < -0.3 is 0 Å². The standard InChI is InChI=1S/C39H46N3.C21H33Br3/c1-34-19-10-16-28-40(34)25-13-4-7-22-37-31-38(23-8-5-14-26-41-29-17-11-20-35(41)2)33-39(32-37)24-9-6-15-27-42-30-18-12-21-36(42)3;22-13-7-1-4-10-19-16-20(11-5-2-8-14-23)18-21(17-19)12-6-3-9-15-24/h10-12,16-21,28-33H,4-7,13-15,22,25-27H2,1-3H3;16-18H,1-15H2/q+3;. The minimum absolute atomic E-state index is 0.889. The van der Waals surface area contributed by atoms with Crippen molar-refractivity contribution >= 4 is 47.8 Å². The first-order chi connectivity index (χ1) is 32.4. The van der Waals surface area contributed by atoms with Crippen molar-refractivity contribution in [3.63, 3.8) is 0 Å². The summed E-state index contributed by atoms with van der Waals surface area (Å²) < 4.78 is 6.94. The number of rotatable bonds is 27. The molecule has 3 nitrogen and oxygen atoms in total. The van der Waals surface area contributed by atoms with E-state index in [0.29, 0.717) is 0 Å². The van der Waals surface area contributed by atoms with Gasteiger partial charge in [0.2, 0.25) is 0 Å². The van der Waals surface area contributed by atoms with Gasteiger partial charge in [0.15, 0.2) is 35.7 Å². The second kappa shape index (κ2) is 34.7. The SMILES string of the molecule is BrCCCCCc1cc(CCCCCBr)cc(CCCCCBr)c1.Cc1cccc[n+]1CCCC#Cc1cc(C#CCCC[n+]2ccccc2C)cc(CCCCC[n+]2ccccc2C)c1. The van der Waals surface area contributed by atoms with E-state index in [1.54, 1.807) is 16.7 Å². The van der Waals surface area contributed by atoms with E-state index in [2.05, 4.69) is 216 Å². The highest BCUT2D eigenvalue weighted by Gasteiger charge is 2.07. The second-order valence-corrected chi connectivity index (χ2v) is 20.2. The Balaban J connectivity index is 0.000000338. The van der Waals surface area contributed by atoms with Gasteiger partial charge in [-0.05, 0) is 118 Å². The van der Waals surface area contributed by atoms with Gasteiger partial charge in [0, 0.05) is 116 Å². The van der Waals surface area contributed by atoms with Crippen LogP contribution in [0.5, 0.6) is 0 Å². The van der Waals surface area contributed by atoms with Crippen LogP contribution in [0, 0.1) is 44.5 Å². The van der Waals surface area contributed by atoms with E-state index in [0.717, 1.165) is 78.9 Å². The van der Waals surface area contributed by atoms with Crippen LogP contribution in [-0.4, -0.2) is 16.0 Å². The zero-order valence-electron chi connectivity index (χ0n) is 40.8. The van der Waals surface area contributed by atoms with Crippen LogP contribution in [-0.2, 0) is 45.3 Å². The zero-order valence-corrected chi connectivity index (χ0v) is 45.5. The maximum absolute atomic E-state index is 3.53. The maximum atomic E-state index is 3.53. The van der Waals surface area contributed by atoms with Crippen molar-refractivity contribution in [2.75, 3.05) is 16.0 Å². The predicted octanol–water partition coefficient (Wildman–Crippen LogP) is 14.6. The first-order valence-electron chi connectivity index (χ1n) is 25.1. The number of pyridine rings is 3. The summed E-state index contributed by atoms with van der Waals surface area (Å²) in [4.78, 5) is 0. The first kappa shape index (κ1) is 55.0. The van der Waals surface area contributed by atoms with E-state index in [1.807, 2.05) is 0 Å². The second-order valence-electron chi connectivity index (χ2n) is 17.8. The van der Waals surface area contributed by atoms with Gasteiger partial charge in [0.05, 0.1) is 0 Å². The van der Waals surface area contributed by atoms with Gasteiger partial charge in [-0.15, -0.1) is 0 Å². The number of hydrogen-bond donors (Lipinski definition) is 0. The lowest BCUT2D eigenvalue weighted by Gasteiger charge is -2.10. The molecule has 0 atom stereocenters. The topological polar surface area (TPSA) is 11.6 Å². The first-order valence-corrected chi connectivity index (χ1v) is 28.5. The van der Waals surface area contributed by atoms with Crippen molar-refractivity contribution < 1.29 is 13.7 Å². The molecule has 0 fully saturated rings. The highest BCUT2D eigenvalue weighted by molar-refractivity contribution is 9.09. The van der Waals surface area contributed by atoms with Gasteiger partial charge in [0.1, 0.15) is 19.6 Å². The maximum Gasteiger partial charge on any atom is 0.178 e. The van der Waals surface area contributed by atoms with Crippen LogP contribution in [0.1, 0.15) is 153 Å². The average Bonchev–Trinajstić information content (AvgIpc) is 3.32. The Morgan fingerprint density at radius 1 is 0.364 bits per heavy atom. The number of hydrogen-bond acceptors (Lipinski definition) is 0. The van der Waals surface area contributed by atoms with Crippen molar-refractivity contribution in [3.05, 3.63) is 160 Å². The molecule has 0 spiro atoms. The molecule has 0 aliphatic carbocycles. The van der Waals surface area contributed by atoms with E-state index >= 15 is 0 Å². The summed E-state index contributed by atoms with van der Waals surface area (Å²) in [6.45, 7) is 9.57. The summed E-state index contributed by atoms with van der Waals surface area (Å²) >= 11 is 10.6. The van der Waals surface area contributed by atoms with Crippen LogP contribution in [0.15, 0.2) is 110 Å². The number of benzene rings is 2. The molecule has 5 rings (SSSR count). The molecule has 66 heavy (non-hydrogen) atoms. The molecule has 5 aromatic rings. The van der Waals surface area contributed by atoms with Gasteiger partial charge in [0.25, 0.3) is 0 Å². The quantitative estimate of drug-likeness (QED) is 0.0215. The smallest absolute Gasteiger partial charge is 0.178 e. The number of alkyl halides is 3. The van der Waals surface area contributed by atoms with Crippen LogP contribution >= 0.6 is 47.8 Å². The van der Waals surface area contributed by atoms with Crippen molar-refractivity contribution in [3.8, 4) is 23.7 Å². The minimum atomic E-state index is 0.889. The summed E-state index contributed by atoms with van der Waals surface area (Å²) in [5.41, 5.74) is 12.1. The van der Waals surface area contributed by atoms with Crippen molar-refractivity contribution in [2.24, 2.45) is 0 Å². The van der Waals surface area contributed by atoms with Gasteiger partial charge in [-0.2, -0.15) is 0 Å². The van der Waals surface area contributed by atoms with Crippen LogP contribution in [0.3, 0.4) is 0 Å². The van der Waals surface area contributed by atoms with E-state index in [-0.39, 0.29) is 0 Å². The Hall–Kier alpha value is -3.55. The molecule has 0 unspecified atom stereocenters. The van der Waals surface area contributed by atoms with Crippen molar-refractivity contribution in [1.29, 1.82) is 0 Å². The lowest BCUT2D eigenvalue weighted by molar-refractivity contribution is -0.703. The third kappa shape index (κ3) is 23.5. The molecule has 3 heterocycles. The molecule has 6 heteroatoms. The molecular formula is C60H79Br3N3+3. The van der Waals surface area contributed by atoms with Gasteiger partial charge in [-0.3, -0.25) is 0 Å². The third-order valence-electron chi connectivity index (χ3n) is 12.1. The fraction of sp³-hybridized carbons (Fsp3) is 0.483. The Labute approximate surface area is 427 Å². The van der Waals surface area contributed by atoms with Gasteiger partial charge in [-0.1, -0.05) is 127 Å². The highest BCUT2D eigenvalue weighted by atomic mass is 79.9. The number of halogens is 3. The molecule has 0 saturated heterocycles. The van der Waals surface area contributed by atoms with E-state index in [4.69, 9.17) is 0 Å². The van der Waals surface area contributed by atoms with E-state index in [1.165, 1.54) is 119 Å². The average molecular weight is 1080 g/mol. The molecule has 2 aromatic carbocycles. The highest BCUT2D eigenvalue weighted by Crippen LogP contribution is 2.19. The molecule has 0 aliphatic heterocycles. The largest absolute Gasteiger partial charge is 0.203 e. The van der Waals surface area contributed by atoms with Crippen LogP contribution in [0.2, 0.25) is 0 Å². The van der Waals surface area contributed by atoms with Crippen LogP contribution in [0.25, 0.3) is 0 Å². The Kier molecular flexibility index (Phi) is 28.9. The lowest BCUT2D eigenvalue weighted by Crippen LogP contribution is -2.36. The molecule has 0 saturated carbocycles. The number of aryl methyl sites for hydroxylation is 10. The molecule has 0 radical (unpaired) electrons. The fourth-order valence-corrected chi connectivity index (χ4v) is 9.47. The van der Waals surface area contributed by atoms with Crippen LogP contribution < -0.4 is 13.7 Å². The molecule has 352 valence electrons. The molecular weight excluding hydrogens is 1000 g/mol. The fourth-order valence-electron chi connectivity index (χ4n) is 8.28. The Morgan fingerprint density at radius 2 is 0.697 bits per heavy atom. The molecule has 0 N–H and O–H groups in total. The normalized spacial score (nSPS) is 10.7. The summed E-state index contributed by atoms with van der Waals surface area (Å²) in [6.07, 6.45) is 30.6. The minimum Gasteiger partial charge on any atom is -0.203 e. The van der Waals surface area contributed by atoms with E-state index in [9.17, 15) is 0 Å². The molecule has 0 amide bonds. The van der Waals surface area contributed by atoms with Crippen LogP contribution in [0.4, 0.5) is 0 Å². The molecule has 0 bridgehead atoms. The van der Waals surface area contributed by atoms with E-state index < -0.39 is 0 Å². The summed E-state index contributed by atoms with van der Waals surface area (Å²) in [5.74, 6) is 13.8. The summed E-state index contributed by atoms with van der Waals surface area (Å²) in [6, 6.07) is 33.2. The molecule has 0 aliphatic rings. The molecule has 3 aromatic heterocycles. The predicted molar refractivity (Wildman–Crippen MR) is 291 cm³/mol. The monoisotopic (exact) mass is 1080 g/mol. The number of unbranched alkanes of at least 4 members (excludes halogenated alkanes) is 10. The third-order valence-corrected chi connectivity index (χ3v) is 13.8. The summed E-state index contributed by atoms with van der Waals surface area (Å²) in [5, 5.41) is 3.41. The zero-order chi connectivity index (χ0) is 46.9.